The van der Waals surface area contributed by atoms with Gasteiger partial charge in [-0.2, -0.15) is 0 Å². The number of nitrogens with zero attached hydrogens (tertiary/aromatic N) is 1. The van der Waals surface area contributed by atoms with Gasteiger partial charge in [-0.3, -0.25) is 4.79 Å². The maximum atomic E-state index is 12.1. The number of rotatable bonds is 3. The Labute approximate surface area is 109 Å². The van der Waals surface area contributed by atoms with Gasteiger partial charge < -0.3 is 10.6 Å². The number of halogens is 1. The van der Waals surface area contributed by atoms with Crippen LogP contribution < -0.4 is 5.73 Å². The molecule has 0 aliphatic carbocycles. The molecule has 0 aliphatic rings. The Hall–Kier alpha value is -0.940. The van der Waals surface area contributed by atoms with Gasteiger partial charge in [0.1, 0.15) is 0 Å². The lowest BCUT2D eigenvalue weighted by molar-refractivity contribution is 0.0778. The van der Waals surface area contributed by atoms with Crippen molar-refractivity contribution in [1.29, 1.82) is 0 Å². The first-order chi connectivity index (χ1) is 7.45. The predicted octanol–water partition coefficient (Wildman–Crippen LogP) is 2.20. The van der Waals surface area contributed by atoms with E-state index in [-0.39, 0.29) is 11.9 Å². The Bertz CT molecular complexity index is 422. The largest absolute Gasteiger partial charge is 0.392 e. The smallest absolute Gasteiger partial charge is 0.255 e. The molecule has 0 heterocycles. The molecule has 0 spiro atoms. The second-order valence-electron chi connectivity index (χ2n) is 3.47. The summed E-state index contributed by atoms with van der Waals surface area (Å²) in [5.74, 6) is -0.104. The fourth-order valence-electron chi connectivity index (χ4n) is 1.19. The molecule has 16 heavy (non-hydrogen) atoms. The summed E-state index contributed by atoms with van der Waals surface area (Å²) in [4.78, 5) is 13.9. The number of benzene rings is 1. The van der Waals surface area contributed by atoms with E-state index in [0.29, 0.717) is 10.6 Å². The zero-order valence-electron chi connectivity index (χ0n) is 9.11. The summed E-state index contributed by atoms with van der Waals surface area (Å²) in [6.45, 7) is 1.80. The van der Waals surface area contributed by atoms with E-state index in [1.807, 2.05) is 18.2 Å². The summed E-state index contributed by atoms with van der Waals surface area (Å²) in [6, 6.07) is 7.01. The molecule has 0 saturated heterocycles. The molecule has 1 unspecified atom stereocenters. The lowest BCUT2D eigenvalue weighted by Gasteiger charge is -2.24. The fourth-order valence-corrected chi connectivity index (χ4v) is 1.80. The number of amides is 1. The van der Waals surface area contributed by atoms with Gasteiger partial charge >= 0.3 is 0 Å². The van der Waals surface area contributed by atoms with Crippen molar-refractivity contribution < 1.29 is 4.79 Å². The number of carbonyl (C=O) groups excluding carboxylic acids is 1. The Balaban J connectivity index is 2.95. The van der Waals surface area contributed by atoms with Gasteiger partial charge in [0, 0.05) is 11.5 Å². The van der Waals surface area contributed by atoms with Crippen molar-refractivity contribution in [1.82, 2.24) is 4.90 Å². The topological polar surface area (TPSA) is 46.3 Å². The van der Waals surface area contributed by atoms with Crippen molar-refractivity contribution in [3.8, 4) is 0 Å². The van der Waals surface area contributed by atoms with Gasteiger partial charge in [-0.25, -0.2) is 0 Å². The van der Waals surface area contributed by atoms with E-state index < -0.39 is 0 Å². The maximum absolute atomic E-state index is 12.1. The highest BCUT2D eigenvalue weighted by Gasteiger charge is 2.20. The SMILES string of the molecule is CC(C(N)=S)N(C)C(=O)c1ccccc1Br. The van der Waals surface area contributed by atoms with Gasteiger partial charge in [-0.1, -0.05) is 24.4 Å². The third kappa shape index (κ3) is 2.80. The molecule has 1 rings (SSSR count). The monoisotopic (exact) mass is 300 g/mol. The van der Waals surface area contributed by atoms with E-state index in [1.165, 1.54) is 4.90 Å². The van der Waals surface area contributed by atoms with Crippen LogP contribution in [0.3, 0.4) is 0 Å². The zero-order chi connectivity index (χ0) is 12.3. The molecule has 0 bridgehead atoms. The van der Waals surface area contributed by atoms with Crippen molar-refractivity contribution in [2.75, 3.05) is 7.05 Å². The number of hydrogen-bond donors (Lipinski definition) is 1. The van der Waals surface area contributed by atoms with Crippen molar-refractivity contribution in [3.63, 3.8) is 0 Å². The molecule has 86 valence electrons. The molecular weight excluding hydrogens is 288 g/mol. The number of thiocarbonyl (C=S) groups is 1. The summed E-state index contributed by atoms with van der Waals surface area (Å²) in [7, 11) is 1.69. The Morgan fingerprint density at radius 3 is 2.56 bits per heavy atom. The van der Waals surface area contributed by atoms with Crippen LogP contribution in [0.15, 0.2) is 28.7 Å². The minimum atomic E-state index is -0.255. The summed E-state index contributed by atoms with van der Waals surface area (Å²) >= 11 is 8.21. The van der Waals surface area contributed by atoms with Crippen molar-refractivity contribution in [3.05, 3.63) is 34.3 Å². The van der Waals surface area contributed by atoms with Crippen molar-refractivity contribution in [2.45, 2.75) is 13.0 Å². The second-order valence-corrected chi connectivity index (χ2v) is 4.80. The van der Waals surface area contributed by atoms with Crippen LogP contribution in [0.2, 0.25) is 0 Å². The maximum Gasteiger partial charge on any atom is 0.255 e. The van der Waals surface area contributed by atoms with Crippen LogP contribution in [0.1, 0.15) is 17.3 Å². The van der Waals surface area contributed by atoms with Crippen LogP contribution in [0, 0.1) is 0 Å². The molecule has 1 aromatic rings. The third-order valence-corrected chi connectivity index (χ3v) is 3.45. The molecular formula is C11H13BrN2OS. The second kappa shape index (κ2) is 5.41. The Morgan fingerprint density at radius 1 is 1.50 bits per heavy atom. The number of carbonyl (C=O) groups is 1. The van der Waals surface area contributed by atoms with Gasteiger partial charge in [0.15, 0.2) is 0 Å². The molecule has 1 aromatic carbocycles. The van der Waals surface area contributed by atoms with E-state index in [1.54, 1.807) is 20.0 Å². The predicted molar refractivity (Wildman–Crippen MR) is 72.5 cm³/mol. The molecule has 3 nitrogen and oxygen atoms in total. The molecule has 1 amide bonds. The van der Waals surface area contributed by atoms with Gasteiger partial charge in [-0.15, -0.1) is 0 Å². The molecule has 0 aliphatic heterocycles. The quantitative estimate of drug-likeness (QED) is 0.871. The molecule has 5 heteroatoms. The summed E-state index contributed by atoms with van der Waals surface area (Å²) in [5.41, 5.74) is 6.12. The standard InChI is InChI=1S/C11H13BrN2OS/c1-7(10(13)16)14(2)11(15)8-5-3-4-6-9(8)12/h3-7H,1-2H3,(H2,13,16). The summed E-state index contributed by atoms with van der Waals surface area (Å²) in [5, 5.41) is 0. The molecule has 0 saturated carbocycles. The van der Waals surface area contributed by atoms with Crippen LogP contribution in [0.4, 0.5) is 0 Å². The van der Waals surface area contributed by atoms with Gasteiger partial charge in [0.2, 0.25) is 0 Å². The summed E-state index contributed by atoms with van der Waals surface area (Å²) in [6.07, 6.45) is 0. The lowest BCUT2D eigenvalue weighted by Crippen LogP contribution is -2.42. The fraction of sp³-hybridized carbons (Fsp3) is 0.273. The number of likely N-dealkylation sites (N-methyl/N-ethyl adjacent to an activating group) is 1. The number of nitrogens with two attached hydrogens (primary N) is 1. The van der Waals surface area contributed by atoms with Gasteiger partial charge in [0.05, 0.1) is 16.6 Å². The molecule has 2 N–H and O–H groups in total. The highest BCUT2D eigenvalue weighted by Crippen LogP contribution is 2.18. The van der Waals surface area contributed by atoms with E-state index in [9.17, 15) is 4.79 Å². The average molecular weight is 301 g/mol. The minimum Gasteiger partial charge on any atom is -0.392 e. The molecule has 1 atom stereocenters. The van der Waals surface area contributed by atoms with Gasteiger partial charge in [0.25, 0.3) is 5.91 Å². The van der Waals surface area contributed by atoms with Gasteiger partial charge in [-0.05, 0) is 35.0 Å². The van der Waals surface area contributed by atoms with Crippen LogP contribution in [-0.4, -0.2) is 28.9 Å². The first-order valence-electron chi connectivity index (χ1n) is 4.76. The van der Waals surface area contributed by atoms with Crippen LogP contribution in [-0.2, 0) is 0 Å². The highest BCUT2D eigenvalue weighted by atomic mass is 79.9. The Kier molecular flexibility index (Phi) is 4.44. The van der Waals surface area contributed by atoms with E-state index >= 15 is 0 Å². The number of hydrogen-bond acceptors (Lipinski definition) is 2. The van der Waals surface area contributed by atoms with E-state index in [4.69, 9.17) is 18.0 Å². The lowest BCUT2D eigenvalue weighted by atomic mass is 10.2. The highest BCUT2D eigenvalue weighted by molar-refractivity contribution is 9.10. The van der Waals surface area contributed by atoms with E-state index in [0.717, 1.165) is 4.47 Å². The molecule has 0 aromatic heterocycles. The zero-order valence-corrected chi connectivity index (χ0v) is 11.5. The molecule has 0 fully saturated rings. The average Bonchev–Trinajstić information content (AvgIpc) is 2.26. The van der Waals surface area contributed by atoms with Crippen LogP contribution in [0.5, 0.6) is 0 Å². The van der Waals surface area contributed by atoms with Crippen LogP contribution in [0.25, 0.3) is 0 Å². The molecule has 0 radical (unpaired) electrons. The first kappa shape index (κ1) is 13.1. The van der Waals surface area contributed by atoms with Crippen molar-refractivity contribution in [2.24, 2.45) is 5.73 Å². The van der Waals surface area contributed by atoms with E-state index in [2.05, 4.69) is 15.9 Å². The van der Waals surface area contributed by atoms with Crippen molar-refractivity contribution >= 4 is 39.0 Å². The Morgan fingerprint density at radius 2 is 2.06 bits per heavy atom. The normalized spacial score (nSPS) is 11.9. The minimum absolute atomic E-state index is 0.104. The first-order valence-corrected chi connectivity index (χ1v) is 5.96. The van der Waals surface area contributed by atoms with Crippen LogP contribution >= 0.6 is 28.1 Å². The third-order valence-electron chi connectivity index (χ3n) is 2.42. The summed E-state index contributed by atoms with van der Waals surface area (Å²) < 4.78 is 0.766.